The number of benzene rings is 2. The Bertz CT molecular complexity index is 509. The second-order valence-corrected chi connectivity index (χ2v) is 4.02. The van der Waals surface area contributed by atoms with Gasteiger partial charge in [0.2, 0.25) is 0 Å². The molecular weight excluding hydrogens is 268 g/mol. The van der Waals surface area contributed by atoms with Gasteiger partial charge in [-0.05, 0) is 52.3 Å². The molecule has 0 radical (unpaired) electrons. The van der Waals surface area contributed by atoms with Crippen molar-refractivity contribution < 1.29 is 5.11 Å². The van der Waals surface area contributed by atoms with Crippen LogP contribution >= 0.6 is 15.9 Å². The fraction of sp³-hybridized carbons (Fsp3) is 0. The van der Waals surface area contributed by atoms with Crippen molar-refractivity contribution >= 4 is 27.3 Å². The number of halogens is 1. The molecule has 0 fully saturated rings. The maximum absolute atomic E-state index is 9.11. The number of aromatic hydroxyl groups is 1. The summed E-state index contributed by atoms with van der Waals surface area (Å²) in [6, 6.07) is 14.2. The highest BCUT2D eigenvalue weighted by molar-refractivity contribution is 9.10. The molecule has 0 saturated heterocycles. The second-order valence-electron chi connectivity index (χ2n) is 3.17. The van der Waals surface area contributed by atoms with E-state index in [0.717, 1.165) is 10.2 Å². The Hall–Kier alpha value is -1.68. The van der Waals surface area contributed by atoms with Crippen molar-refractivity contribution in [3.63, 3.8) is 0 Å². The fourth-order valence-electron chi connectivity index (χ4n) is 1.16. The molecule has 0 spiro atoms. The van der Waals surface area contributed by atoms with Crippen LogP contribution in [0, 0.1) is 0 Å². The zero-order valence-corrected chi connectivity index (χ0v) is 9.92. The Labute approximate surface area is 102 Å². The number of phenolic OH excluding ortho intramolecular Hbond substituents is 1. The van der Waals surface area contributed by atoms with Crippen LogP contribution in [0.1, 0.15) is 0 Å². The molecule has 0 aliphatic carbocycles. The SMILES string of the molecule is Oc1ccc(N=Nc2ccccc2Br)cc1. The minimum Gasteiger partial charge on any atom is -0.508 e. The number of hydrogen-bond acceptors (Lipinski definition) is 3. The molecule has 2 rings (SSSR count). The summed E-state index contributed by atoms with van der Waals surface area (Å²) >= 11 is 3.39. The van der Waals surface area contributed by atoms with E-state index in [-0.39, 0.29) is 5.75 Å². The van der Waals surface area contributed by atoms with Gasteiger partial charge < -0.3 is 5.11 Å². The monoisotopic (exact) mass is 276 g/mol. The van der Waals surface area contributed by atoms with E-state index >= 15 is 0 Å². The van der Waals surface area contributed by atoms with Gasteiger partial charge in [0.15, 0.2) is 0 Å². The van der Waals surface area contributed by atoms with Gasteiger partial charge in [-0.25, -0.2) is 0 Å². The normalized spacial score (nSPS) is 10.8. The van der Waals surface area contributed by atoms with E-state index in [1.165, 1.54) is 0 Å². The van der Waals surface area contributed by atoms with E-state index in [0.29, 0.717) is 5.69 Å². The Balaban J connectivity index is 2.21. The third-order valence-electron chi connectivity index (χ3n) is 1.98. The standard InChI is InChI=1S/C12H9BrN2O/c13-11-3-1-2-4-12(11)15-14-9-5-7-10(16)8-6-9/h1-8,16H. The average Bonchev–Trinajstić information content (AvgIpc) is 2.30. The molecule has 3 nitrogen and oxygen atoms in total. The van der Waals surface area contributed by atoms with Crippen LogP contribution in [0.2, 0.25) is 0 Å². The molecule has 0 heterocycles. The van der Waals surface area contributed by atoms with Gasteiger partial charge >= 0.3 is 0 Å². The van der Waals surface area contributed by atoms with Gasteiger partial charge in [-0.3, -0.25) is 0 Å². The molecule has 0 bridgehead atoms. The van der Waals surface area contributed by atoms with Crippen LogP contribution in [-0.2, 0) is 0 Å². The Kier molecular flexibility index (Phi) is 3.31. The molecule has 2 aromatic rings. The van der Waals surface area contributed by atoms with Gasteiger partial charge in [-0.1, -0.05) is 12.1 Å². The molecule has 80 valence electrons. The van der Waals surface area contributed by atoms with E-state index in [1.807, 2.05) is 24.3 Å². The predicted molar refractivity (Wildman–Crippen MR) is 66.4 cm³/mol. The summed E-state index contributed by atoms with van der Waals surface area (Å²) in [7, 11) is 0. The lowest BCUT2D eigenvalue weighted by Crippen LogP contribution is -1.67. The highest BCUT2D eigenvalue weighted by Gasteiger charge is 1.95. The largest absolute Gasteiger partial charge is 0.508 e. The number of azo groups is 1. The molecule has 0 amide bonds. The minimum absolute atomic E-state index is 0.222. The Morgan fingerprint density at radius 2 is 1.56 bits per heavy atom. The first-order valence-electron chi connectivity index (χ1n) is 4.71. The summed E-state index contributed by atoms with van der Waals surface area (Å²) in [6.07, 6.45) is 0. The van der Waals surface area contributed by atoms with Crippen molar-refractivity contribution in [3.8, 4) is 5.75 Å². The summed E-state index contributed by atoms with van der Waals surface area (Å²) in [5.74, 6) is 0.222. The number of hydrogen-bond donors (Lipinski definition) is 1. The maximum Gasteiger partial charge on any atom is 0.115 e. The highest BCUT2D eigenvalue weighted by Crippen LogP contribution is 2.26. The van der Waals surface area contributed by atoms with Gasteiger partial charge in [0.25, 0.3) is 0 Å². The van der Waals surface area contributed by atoms with Crippen molar-refractivity contribution in [2.75, 3.05) is 0 Å². The molecule has 0 aliphatic heterocycles. The lowest BCUT2D eigenvalue weighted by atomic mass is 10.3. The zero-order valence-electron chi connectivity index (χ0n) is 8.34. The van der Waals surface area contributed by atoms with Gasteiger partial charge in [-0.2, -0.15) is 5.11 Å². The first-order chi connectivity index (χ1) is 7.75. The summed E-state index contributed by atoms with van der Waals surface area (Å²) < 4.78 is 0.900. The van der Waals surface area contributed by atoms with Crippen molar-refractivity contribution in [1.29, 1.82) is 0 Å². The fourth-order valence-corrected chi connectivity index (χ4v) is 1.53. The minimum atomic E-state index is 0.222. The van der Waals surface area contributed by atoms with E-state index in [9.17, 15) is 0 Å². The van der Waals surface area contributed by atoms with Gasteiger partial charge in [-0.15, -0.1) is 5.11 Å². The van der Waals surface area contributed by atoms with Crippen LogP contribution in [-0.4, -0.2) is 5.11 Å². The van der Waals surface area contributed by atoms with Crippen molar-refractivity contribution in [1.82, 2.24) is 0 Å². The van der Waals surface area contributed by atoms with E-state index in [4.69, 9.17) is 5.11 Å². The lowest BCUT2D eigenvalue weighted by molar-refractivity contribution is 0.475. The van der Waals surface area contributed by atoms with Crippen molar-refractivity contribution in [3.05, 3.63) is 53.0 Å². The van der Waals surface area contributed by atoms with Crippen LogP contribution in [0.5, 0.6) is 5.75 Å². The maximum atomic E-state index is 9.11. The first-order valence-corrected chi connectivity index (χ1v) is 5.50. The third-order valence-corrected chi connectivity index (χ3v) is 2.65. The van der Waals surface area contributed by atoms with Crippen LogP contribution in [0.25, 0.3) is 0 Å². The van der Waals surface area contributed by atoms with E-state index < -0.39 is 0 Å². The summed E-state index contributed by atoms with van der Waals surface area (Å²) in [5, 5.41) is 17.3. The topological polar surface area (TPSA) is 45.0 Å². The predicted octanol–water partition coefficient (Wildman–Crippen LogP) is 4.57. The summed E-state index contributed by atoms with van der Waals surface area (Å²) in [6.45, 7) is 0. The van der Waals surface area contributed by atoms with Crippen LogP contribution in [0.4, 0.5) is 11.4 Å². The summed E-state index contributed by atoms with van der Waals surface area (Å²) in [5.41, 5.74) is 1.48. The third kappa shape index (κ3) is 2.67. The highest BCUT2D eigenvalue weighted by atomic mass is 79.9. The summed E-state index contributed by atoms with van der Waals surface area (Å²) in [4.78, 5) is 0. The number of nitrogens with zero attached hydrogens (tertiary/aromatic N) is 2. The molecule has 0 unspecified atom stereocenters. The average molecular weight is 277 g/mol. The van der Waals surface area contributed by atoms with Crippen molar-refractivity contribution in [2.45, 2.75) is 0 Å². The van der Waals surface area contributed by atoms with Crippen LogP contribution in [0.15, 0.2) is 63.2 Å². The molecule has 0 atom stereocenters. The molecule has 2 aromatic carbocycles. The molecular formula is C12H9BrN2O. The van der Waals surface area contributed by atoms with Crippen LogP contribution in [0.3, 0.4) is 0 Å². The van der Waals surface area contributed by atoms with Crippen molar-refractivity contribution in [2.24, 2.45) is 10.2 Å². The van der Waals surface area contributed by atoms with E-state index in [2.05, 4.69) is 26.2 Å². The molecule has 1 N–H and O–H groups in total. The molecule has 16 heavy (non-hydrogen) atoms. The second kappa shape index (κ2) is 4.90. The smallest absolute Gasteiger partial charge is 0.115 e. The number of rotatable bonds is 2. The lowest BCUT2D eigenvalue weighted by Gasteiger charge is -1.96. The van der Waals surface area contributed by atoms with Gasteiger partial charge in [0, 0.05) is 4.47 Å². The molecule has 0 saturated carbocycles. The molecule has 4 heteroatoms. The Morgan fingerprint density at radius 1 is 0.875 bits per heavy atom. The number of phenols is 1. The van der Waals surface area contributed by atoms with Crippen LogP contribution < -0.4 is 0 Å². The Morgan fingerprint density at radius 3 is 2.25 bits per heavy atom. The molecule has 0 aliphatic rings. The first kappa shape index (κ1) is 10.8. The molecule has 0 aromatic heterocycles. The quantitative estimate of drug-likeness (QED) is 0.803. The zero-order chi connectivity index (χ0) is 11.4. The van der Waals surface area contributed by atoms with Gasteiger partial charge in [0.05, 0.1) is 11.4 Å². The van der Waals surface area contributed by atoms with Gasteiger partial charge in [0.1, 0.15) is 5.75 Å². The van der Waals surface area contributed by atoms with E-state index in [1.54, 1.807) is 24.3 Å².